The van der Waals surface area contributed by atoms with Crippen LogP contribution in [0.4, 0.5) is 11.6 Å². The number of hydrazone groups is 1. The molecule has 0 unspecified atom stereocenters. The van der Waals surface area contributed by atoms with E-state index in [-0.39, 0.29) is 17.9 Å². The van der Waals surface area contributed by atoms with Gasteiger partial charge in [0, 0.05) is 30.9 Å². The second-order valence-corrected chi connectivity index (χ2v) is 6.24. The van der Waals surface area contributed by atoms with Crippen LogP contribution in [0.1, 0.15) is 24.1 Å². The van der Waals surface area contributed by atoms with Crippen LogP contribution in [-0.2, 0) is 4.79 Å². The third-order valence-corrected chi connectivity index (χ3v) is 4.09. The van der Waals surface area contributed by atoms with Crippen molar-refractivity contribution in [2.75, 3.05) is 24.6 Å². The molecule has 1 fully saturated rings. The Labute approximate surface area is 161 Å². The van der Waals surface area contributed by atoms with E-state index in [2.05, 4.69) is 25.4 Å². The molecule has 0 radical (unpaired) electrons. The number of nitro groups is 1. The molecular formula is C18H20N6O4. The van der Waals surface area contributed by atoms with Crippen molar-refractivity contribution in [3.63, 3.8) is 0 Å². The van der Waals surface area contributed by atoms with Crippen LogP contribution in [-0.4, -0.2) is 46.7 Å². The lowest BCUT2D eigenvalue weighted by atomic mass is 10.2. The smallest absolute Gasteiger partial charge is 0.278 e. The van der Waals surface area contributed by atoms with Crippen LogP contribution in [0.3, 0.4) is 0 Å². The predicted molar refractivity (Wildman–Crippen MR) is 103 cm³/mol. The summed E-state index contributed by atoms with van der Waals surface area (Å²) in [5.41, 5.74) is 3.23. The van der Waals surface area contributed by atoms with E-state index in [1.165, 1.54) is 18.3 Å². The van der Waals surface area contributed by atoms with Crippen LogP contribution >= 0.6 is 0 Å². The first kappa shape index (κ1) is 19.2. The Balaban J connectivity index is 1.55. The lowest BCUT2D eigenvalue weighted by molar-refractivity contribution is -0.385. The Hall–Kier alpha value is -3.56. The van der Waals surface area contributed by atoms with Crippen molar-refractivity contribution in [2.45, 2.75) is 19.8 Å². The van der Waals surface area contributed by atoms with Crippen LogP contribution < -0.4 is 15.1 Å². The molecule has 10 nitrogen and oxygen atoms in total. The van der Waals surface area contributed by atoms with Crippen molar-refractivity contribution < 1.29 is 14.5 Å². The van der Waals surface area contributed by atoms with Gasteiger partial charge in [-0.05, 0) is 25.8 Å². The van der Waals surface area contributed by atoms with Gasteiger partial charge in [0.15, 0.2) is 6.61 Å². The number of aromatic nitrogens is 2. The maximum Gasteiger partial charge on any atom is 0.278 e. The number of hydrogen-bond acceptors (Lipinski definition) is 8. The summed E-state index contributed by atoms with van der Waals surface area (Å²) >= 11 is 0. The monoisotopic (exact) mass is 384 g/mol. The summed E-state index contributed by atoms with van der Waals surface area (Å²) in [4.78, 5) is 33.2. The molecule has 1 saturated heterocycles. The number of para-hydroxylation sites is 1. The molecule has 1 aromatic heterocycles. The molecule has 10 heteroatoms. The Kier molecular flexibility index (Phi) is 6.10. The fraction of sp³-hybridized carbons (Fsp3) is 0.333. The third-order valence-electron chi connectivity index (χ3n) is 4.09. The van der Waals surface area contributed by atoms with Gasteiger partial charge in [-0.15, -0.1) is 0 Å². The highest BCUT2D eigenvalue weighted by molar-refractivity contribution is 5.86. The summed E-state index contributed by atoms with van der Waals surface area (Å²) in [6, 6.07) is 7.76. The van der Waals surface area contributed by atoms with E-state index in [0.29, 0.717) is 11.8 Å². The highest BCUT2D eigenvalue weighted by Gasteiger charge is 2.16. The van der Waals surface area contributed by atoms with E-state index in [4.69, 9.17) is 4.74 Å². The zero-order valence-corrected chi connectivity index (χ0v) is 15.4. The van der Waals surface area contributed by atoms with Gasteiger partial charge in [-0.25, -0.2) is 10.4 Å². The van der Waals surface area contributed by atoms with Gasteiger partial charge in [0.25, 0.3) is 11.6 Å². The van der Waals surface area contributed by atoms with Gasteiger partial charge in [0.05, 0.1) is 16.7 Å². The summed E-state index contributed by atoms with van der Waals surface area (Å²) < 4.78 is 5.44. The molecule has 3 rings (SSSR count). The molecule has 2 aromatic rings. The van der Waals surface area contributed by atoms with Gasteiger partial charge in [-0.2, -0.15) is 10.1 Å². The topological polar surface area (TPSA) is 123 Å². The van der Waals surface area contributed by atoms with Gasteiger partial charge >= 0.3 is 0 Å². The molecular weight excluding hydrogens is 364 g/mol. The van der Waals surface area contributed by atoms with E-state index in [1.807, 2.05) is 6.92 Å². The first-order chi connectivity index (χ1) is 13.5. The highest BCUT2D eigenvalue weighted by atomic mass is 16.6. The summed E-state index contributed by atoms with van der Waals surface area (Å²) in [5.74, 6) is 0.406. The minimum absolute atomic E-state index is 0.0948. The standard InChI is InChI=1S/C18H20N6O4/c1-13-10-17(21-18(20-13)23-8-4-5-9-23)28-12-16(25)22-19-11-14-6-2-3-7-15(14)24(26)27/h2-3,6-7,10-11H,4-5,8-9,12H2,1H3,(H,22,25). The number of nitro benzene ring substituents is 1. The van der Waals surface area contributed by atoms with Crippen LogP contribution in [0.2, 0.25) is 0 Å². The number of amides is 1. The number of hydrogen-bond donors (Lipinski definition) is 1. The molecule has 28 heavy (non-hydrogen) atoms. The van der Waals surface area contributed by atoms with Crippen molar-refractivity contribution in [2.24, 2.45) is 5.10 Å². The second-order valence-electron chi connectivity index (χ2n) is 6.24. The van der Waals surface area contributed by atoms with E-state index in [9.17, 15) is 14.9 Å². The van der Waals surface area contributed by atoms with Crippen LogP contribution in [0.15, 0.2) is 35.4 Å². The number of aryl methyl sites for hydroxylation is 1. The zero-order valence-electron chi connectivity index (χ0n) is 15.4. The molecule has 0 atom stereocenters. The summed E-state index contributed by atoms with van der Waals surface area (Å²) in [6.45, 7) is 3.36. The third kappa shape index (κ3) is 5.00. The Morgan fingerprint density at radius 2 is 2.11 bits per heavy atom. The molecule has 1 aliphatic heterocycles. The largest absolute Gasteiger partial charge is 0.467 e. The number of anilines is 1. The minimum atomic E-state index is -0.512. The van der Waals surface area contributed by atoms with Gasteiger partial charge < -0.3 is 9.64 Å². The Morgan fingerprint density at radius 3 is 2.86 bits per heavy atom. The second kappa shape index (κ2) is 8.89. The first-order valence-corrected chi connectivity index (χ1v) is 8.81. The molecule has 1 aromatic carbocycles. The molecule has 0 aliphatic carbocycles. The average molecular weight is 384 g/mol. The fourth-order valence-corrected chi connectivity index (χ4v) is 2.77. The predicted octanol–water partition coefficient (Wildman–Crippen LogP) is 1.82. The number of rotatable bonds is 7. The fourth-order valence-electron chi connectivity index (χ4n) is 2.77. The van der Waals surface area contributed by atoms with Crippen molar-refractivity contribution in [1.82, 2.24) is 15.4 Å². The summed E-state index contributed by atoms with van der Waals surface area (Å²) in [5, 5.41) is 14.7. The number of carbonyl (C=O) groups is 1. The van der Waals surface area contributed by atoms with Crippen LogP contribution in [0.25, 0.3) is 0 Å². The summed E-state index contributed by atoms with van der Waals surface area (Å²) in [6.07, 6.45) is 3.43. The molecule has 0 saturated carbocycles. The molecule has 1 N–H and O–H groups in total. The minimum Gasteiger partial charge on any atom is -0.467 e. The van der Waals surface area contributed by atoms with E-state index >= 15 is 0 Å². The van der Waals surface area contributed by atoms with Crippen molar-refractivity contribution >= 4 is 23.8 Å². The normalized spacial score (nSPS) is 13.7. The van der Waals surface area contributed by atoms with E-state index < -0.39 is 10.8 Å². The number of nitrogens with one attached hydrogen (secondary N) is 1. The maximum absolute atomic E-state index is 11.9. The summed E-state index contributed by atoms with van der Waals surface area (Å²) in [7, 11) is 0. The van der Waals surface area contributed by atoms with Gasteiger partial charge in [0.2, 0.25) is 11.8 Å². The van der Waals surface area contributed by atoms with Crippen LogP contribution in [0, 0.1) is 17.0 Å². The van der Waals surface area contributed by atoms with Gasteiger partial charge in [-0.3, -0.25) is 14.9 Å². The van der Waals surface area contributed by atoms with Gasteiger partial charge in [-0.1, -0.05) is 12.1 Å². The molecule has 0 bridgehead atoms. The molecule has 1 amide bonds. The molecule has 1 aliphatic rings. The van der Waals surface area contributed by atoms with Crippen molar-refractivity contribution in [1.29, 1.82) is 0 Å². The zero-order chi connectivity index (χ0) is 19.9. The Morgan fingerprint density at radius 1 is 1.36 bits per heavy atom. The number of ether oxygens (including phenoxy) is 1. The SMILES string of the molecule is Cc1cc(OCC(=O)NN=Cc2ccccc2[N+](=O)[O-])nc(N2CCCC2)n1. The maximum atomic E-state index is 11.9. The first-order valence-electron chi connectivity index (χ1n) is 8.81. The quantitative estimate of drug-likeness (QED) is 0.439. The van der Waals surface area contributed by atoms with Crippen LogP contribution in [0.5, 0.6) is 5.88 Å². The molecule has 146 valence electrons. The molecule has 0 spiro atoms. The number of nitrogens with zero attached hydrogens (tertiary/aromatic N) is 5. The Bertz CT molecular complexity index is 895. The number of benzene rings is 1. The van der Waals surface area contributed by atoms with E-state index in [1.54, 1.807) is 18.2 Å². The lowest BCUT2D eigenvalue weighted by Crippen LogP contribution is -2.25. The highest BCUT2D eigenvalue weighted by Crippen LogP contribution is 2.19. The molecule has 2 heterocycles. The van der Waals surface area contributed by atoms with Gasteiger partial charge in [0.1, 0.15) is 0 Å². The lowest BCUT2D eigenvalue weighted by Gasteiger charge is -2.16. The number of carbonyl (C=O) groups excluding carboxylic acids is 1. The van der Waals surface area contributed by atoms with E-state index in [0.717, 1.165) is 31.6 Å². The van der Waals surface area contributed by atoms with Crippen molar-refractivity contribution in [3.8, 4) is 5.88 Å². The van der Waals surface area contributed by atoms with Crippen molar-refractivity contribution in [3.05, 3.63) is 51.7 Å². The average Bonchev–Trinajstić information content (AvgIpc) is 3.21.